The van der Waals surface area contributed by atoms with Crippen molar-refractivity contribution in [3.63, 3.8) is 0 Å². The van der Waals surface area contributed by atoms with Gasteiger partial charge < -0.3 is 5.32 Å². The standard InChI is InChI=1S/C18H28N2S.2ClH/c1-21-17-9-7-16(8-10-17)18(15-5-3-2-4-6-15)20-13-11-19-12-14-20;;/h7-10,15,18-19H,2-6,11-14H2,1H3;2*1H/t18-;;/m1../s1. The van der Waals surface area contributed by atoms with E-state index in [-0.39, 0.29) is 24.8 Å². The van der Waals surface area contributed by atoms with Crippen LogP contribution in [0.2, 0.25) is 0 Å². The van der Waals surface area contributed by atoms with Gasteiger partial charge in [-0.15, -0.1) is 36.6 Å². The van der Waals surface area contributed by atoms with E-state index >= 15 is 0 Å². The van der Waals surface area contributed by atoms with Gasteiger partial charge in [-0.05, 0) is 42.7 Å². The molecule has 1 aromatic carbocycles. The number of thioether (sulfide) groups is 1. The Bertz CT molecular complexity index is 411. The first-order valence-electron chi connectivity index (χ1n) is 8.47. The van der Waals surface area contributed by atoms with Crippen LogP contribution in [0.25, 0.3) is 0 Å². The van der Waals surface area contributed by atoms with Crippen molar-refractivity contribution in [3.05, 3.63) is 29.8 Å². The molecular weight excluding hydrogens is 347 g/mol. The summed E-state index contributed by atoms with van der Waals surface area (Å²) in [5.74, 6) is 0.858. The molecule has 1 saturated heterocycles. The summed E-state index contributed by atoms with van der Waals surface area (Å²) < 4.78 is 0. The van der Waals surface area contributed by atoms with Crippen LogP contribution in [0.1, 0.15) is 43.7 Å². The molecule has 0 unspecified atom stereocenters. The maximum atomic E-state index is 3.50. The second kappa shape index (κ2) is 10.8. The Balaban J connectivity index is 0.00000132. The Morgan fingerprint density at radius 3 is 2.17 bits per heavy atom. The van der Waals surface area contributed by atoms with Crippen LogP contribution in [0.4, 0.5) is 0 Å². The van der Waals surface area contributed by atoms with E-state index in [0.717, 1.165) is 19.0 Å². The normalized spacial score (nSPS) is 21.1. The molecule has 23 heavy (non-hydrogen) atoms. The zero-order valence-electron chi connectivity index (χ0n) is 14.0. The van der Waals surface area contributed by atoms with Crippen molar-refractivity contribution < 1.29 is 0 Å². The van der Waals surface area contributed by atoms with Crippen LogP contribution in [0, 0.1) is 5.92 Å². The first-order chi connectivity index (χ1) is 10.4. The number of piperazine rings is 1. The van der Waals surface area contributed by atoms with Crippen molar-refractivity contribution in [3.8, 4) is 0 Å². The number of hydrogen-bond acceptors (Lipinski definition) is 3. The fourth-order valence-electron chi connectivity index (χ4n) is 3.99. The lowest BCUT2D eigenvalue weighted by molar-refractivity contribution is 0.103. The molecule has 0 amide bonds. The number of benzene rings is 1. The van der Waals surface area contributed by atoms with Crippen LogP contribution in [0.15, 0.2) is 29.2 Å². The molecule has 0 radical (unpaired) electrons. The van der Waals surface area contributed by atoms with Crippen molar-refractivity contribution >= 4 is 36.6 Å². The third-order valence-corrected chi connectivity index (χ3v) is 5.84. The van der Waals surface area contributed by atoms with Gasteiger partial charge >= 0.3 is 0 Å². The average Bonchev–Trinajstić information content (AvgIpc) is 2.58. The van der Waals surface area contributed by atoms with Crippen LogP contribution >= 0.6 is 36.6 Å². The van der Waals surface area contributed by atoms with Crippen LogP contribution in [-0.2, 0) is 0 Å². The highest BCUT2D eigenvalue weighted by molar-refractivity contribution is 7.98. The second-order valence-corrected chi connectivity index (χ2v) is 7.28. The molecule has 1 saturated carbocycles. The van der Waals surface area contributed by atoms with Gasteiger partial charge in [0.25, 0.3) is 0 Å². The van der Waals surface area contributed by atoms with Crippen molar-refractivity contribution in [2.45, 2.75) is 43.0 Å². The Morgan fingerprint density at radius 1 is 1.00 bits per heavy atom. The molecule has 2 nitrogen and oxygen atoms in total. The maximum Gasteiger partial charge on any atom is 0.0377 e. The van der Waals surface area contributed by atoms with Crippen LogP contribution < -0.4 is 5.32 Å². The zero-order chi connectivity index (χ0) is 14.5. The lowest BCUT2D eigenvalue weighted by Gasteiger charge is -2.41. The summed E-state index contributed by atoms with van der Waals surface area (Å²) in [6.45, 7) is 4.69. The first kappa shape index (κ1) is 21.1. The van der Waals surface area contributed by atoms with Gasteiger partial charge in [0, 0.05) is 37.1 Å². The Hall–Kier alpha value is 0.0700. The number of nitrogens with one attached hydrogen (secondary N) is 1. The molecule has 1 aliphatic carbocycles. The predicted molar refractivity (Wildman–Crippen MR) is 106 cm³/mol. The molecule has 1 heterocycles. The Labute approximate surface area is 158 Å². The summed E-state index contributed by atoms with van der Waals surface area (Å²) >= 11 is 1.84. The SMILES string of the molecule is CSc1ccc([C@@H](C2CCCCC2)N2CCNCC2)cc1.Cl.Cl. The molecule has 1 aliphatic heterocycles. The number of hydrogen-bond donors (Lipinski definition) is 1. The zero-order valence-corrected chi connectivity index (χ0v) is 16.4. The molecule has 0 aromatic heterocycles. The number of rotatable bonds is 4. The molecule has 1 N–H and O–H groups in total. The minimum absolute atomic E-state index is 0. The van der Waals surface area contributed by atoms with Gasteiger partial charge in [0.05, 0.1) is 0 Å². The van der Waals surface area contributed by atoms with E-state index in [9.17, 15) is 0 Å². The first-order valence-corrected chi connectivity index (χ1v) is 9.69. The molecule has 1 aromatic rings. The predicted octanol–water partition coefficient (Wildman–Crippen LogP) is 4.78. The topological polar surface area (TPSA) is 15.3 Å². The maximum absolute atomic E-state index is 3.50. The smallest absolute Gasteiger partial charge is 0.0377 e. The number of nitrogens with zero attached hydrogens (tertiary/aromatic N) is 1. The van der Waals surface area contributed by atoms with E-state index in [0.29, 0.717) is 6.04 Å². The van der Waals surface area contributed by atoms with Gasteiger partial charge in [-0.2, -0.15) is 0 Å². The fraction of sp³-hybridized carbons (Fsp3) is 0.667. The largest absolute Gasteiger partial charge is 0.314 e. The van der Waals surface area contributed by atoms with Crippen molar-refractivity contribution in [1.29, 1.82) is 0 Å². The molecule has 132 valence electrons. The van der Waals surface area contributed by atoms with Gasteiger partial charge in [-0.1, -0.05) is 31.4 Å². The summed E-state index contributed by atoms with van der Waals surface area (Å²) in [6.07, 6.45) is 9.28. The molecule has 3 rings (SSSR count). The van der Waals surface area contributed by atoms with Gasteiger partial charge in [0.2, 0.25) is 0 Å². The van der Waals surface area contributed by atoms with E-state index in [4.69, 9.17) is 0 Å². The van der Waals surface area contributed by atoms with Crippen LogP contribution in [-0.4, -0.2) is 37.3 Å². The summed E-state index contributed by atoms with van der Waals surface area (Å²) in [5, 5.41) is 3.50. The fourth-order valence-corrected chi connectivity index (χ4v) is 4.40. The number of halogens is 2. The summed E-state index contributed by atoms with van der Waals surface area (Å²) in [5.41, 5.74) is 1.54. The van der Waals surface area contributed by atoms with E-state index in [2.05, 4.69) is 40.7 Å². The van der Waals surface area contributed by atoms with E-state index in [1.165, 1.54) is 50.1 Å². The molecule has 2 aliphatic rings. The minimum atomic E-state index is 0. The minimum Gasteiger partial charge on any atom is -0.314 e. The highest BCUT2D eigenvalue weighted by atomic mass is 35.5. The van der Waals surface area contributed by atoms with Crippen molar-refractivity contribution in [2.24, 2.45) is 5.92 Å². The van der Waals surface area contributed by atoms with E-state index in [1.54, 1.807) is 5.56 Å². The highest BCUT2D eigenvalue weighted by Crippen LogP contribution is 2.38. The summed E-state index contributed by atoms with van der Waals surface area (Å²) in [7, 11) is 0. The van der Waals surface area contributed by atoms with Crippen molar-refractivity contribution in [1.82, 2.24) is 10.2 Å². The molecule has 5 heteroatoms. The van der Waals surface area contributed by atoms with Crippen LogP contribution in [0.3, 0.4) is 0 Å². The summed E-state index contributed by atoms with van der Waals surface area (Å²) in [4.78, 5) is 4.11. The monoisotopic (exact) mass is 376 g/mol. The van der Waals surface area contributed by atoms with Gasteiger partial charge in [-0.3, -0.25) is 4.90 Å². The molecular formula is C18H30Cl2N2S. The summed E-state index contributed by atoms with van der Waals surface area (Å²) in [6, 6.07) is 10.0. The van der Waals surface area contributed by atoms with E-state index in [1.807, 2.05) is 11.8 Å². The third kappa shape index (κ3) is 5.54. The van der Waals surface area contributed by atoms with Gasteiger partial charge in [0.15, 0.2) is 0 Å². The van der Waals surface area contributed by atoms with Crippen LogP contribution in [0.5, 0.6) is 0 Å². The van der Waals surface area contributed by atoms with Crippen molar-refractivity contribution in [2.75, 3.05) is 32.4 Å². The third-order valence-electron chi connectivity index (χ3n) is 5.10. The molecule has 0 spiro atoms. The molecule has 0 bridgehead atoms. The quantitative estimate of drug-likeness (QED) is 0.761. The Kier molecular flexibility index (Phi) is 9.95. The van der Waals surface area contributed by atoms with E-state index < -0.39 is 0 Å². The molecule has 2 fully saturated rings. The van der Waals surface area contributed by atoms with Gasteiger partial charge in [0.1, 0.15) is 0 Å². The Morgan fingerprint density at radius 2 is 1.61 bits per heavy atom. The lowest BCUT2D eigenvalue weighted by Crippen LogP contribution is -2.47. The molecule has 1 atom stereocenters. The lowest BCUT2D eigenvalue weighted by atomic mass is 9.80. The highest BCUT2D eigenvalue weighted by Gasteiger charge is 2.30. The average molecular weight is 377 g/mol. The second-order valence-electron chi connectivity index (χ2n) is 6.40. The van der Waals surface area contributed by atoms with Gasteiger partial charge in [-0.25, -0.2) is 0 Å².